The molecular weight excluding hydrogens is 258 g/mol. The molecule has 0 saturated heterocycles. The number of hydrogen-bond acceptors (Lipinski definition) is 1. The second-order valence-electron chi connectivity index (χ2n) is 5.19. The molecular formula is C16H16ClNO. The van der Waals surface area contributed by atoms with Crippen molar-refractivity contribution in [3.63, 3.8) is 0 Å². The van der Waals surface area contributed by atoms with E-state index in [9.17, 15) is 4.79 Å². The van der Waals surface area contributed by atoms with E-state index in [-0.39, 0.29) is 5.78 Å². The van der Waals surface area contributed by atoms with Crippen LogP contribution in [-0.2, 0) is 6.42 Å². The van der Waals surface area contributed by atoms with Crippen LogP contribution < -0.4 is 0 Å². The van der Waals surface area contributed by atoms with Crippen molar-refractivity contribution in [3.05, 3.63) is 51.8 Å². The molecule has 2 aromatic rings. The molecule has 98 valence electrons. The number of halogens is 1. The number of hydrogen-bond donors (Lipinski definition) is 0. The fourth-order valence-corrected chi connectivity index (χ4v) is 3.05. The summed E-state index contributed by atoms with van der Waals surface area (Å²) in [5, 5.41) is 0.726. The van der Waals surface area contributed by atoms with E-state index in [4.69, 9.17) is 11.6 Å². The number of Topliss-reactive ketones (excluding diaryl/α,β-unsaturated/α-hetero) is 1. The van der Waals surface area contributed by atoms with Gasteiger partial charge < -0.3 is 4.57 Å². The molecule has 0 amide bonds. The first-order valence-corrected chi connectivity index (χ1v) is 6.96. The minimum atomic E-state index is 0.266. The topological polar surface area (TPSA) is 22.0 Å². The first-order valence-electron chi connectivity index (χ1n) is 6.59. The van der Waals surface area contributed by atoms with Gasteiger partial charge in [-0.05, 0) is 50.5 Å². The van der Waals surface area contributed by atoms with E-state index in [1.165, 1.54) is 5.56 Å². The quantitative estimate of drug-likeness (QED) is 0.761. The van der Waals surface area contributed by atoms with Gasteiger partial charge in [-0.3, -0.25) is 4.79 Å². The van der Waals surface area contributed by atoms with Crippen molar-refractivity contribution in [1.82, 2.24) is 4.57 Å². The fourth-order valence-electron chi connectivity index (χ4n) is 2.89. The predicted molar refractivity (Wildman–Crippen MR) is 77.5 cm³/mol. The van der Waals surface area contributed by atoms with Gasteiger partial charge in [0.2, 0.25) is 0 Å². The first-order chi connectivity index (χ1) is 9.08. The maximum atomic E-state index is 12.0. The van der Waals surface area contributed by atoms with Gasteiger partial charge in [0.25, 0.3) is 0 Å². The van der Waals surface area contributed by atoms with Gasteiger partial charge in [0.05, 0.1) is 0 Å². The summed E-state index contributed by atoms with van der Waals surface area (Å²) in [4.78, 5) is 12.0. The molecule has 0 fully saturated rings. The molecule has 19 heavy (non-hydrogen) atoms. The maximum Gasteiger partial charge on any atom is 0.164 e. The Balaban J connectivity index is 2.26. The lowest BCUT2D eigenvalue weighted by Gasteiger charge is -2.18. The van der Waals surface area contributed by atoms with Crippen LogP contribution in [0, 0.1) is 13.8 Å². The second kappa shape index (κ2) is 4.53. The molecule has 1 aromatic carbocycles. The number of benzene rings is 1. The number of carbonyl (C=O) groups is 1. The lowest BCUT2D eigenvalue weighted by Crippen LogP contribution is -2.13. The van der Waals surface area contributed by atoms with Crippen LogP contribution in [0.15, 0.2) is 24.3 Å². The number of carbonyl (C=O) groups excluding carboxylic acids is 1. The van der Waals surface area contributed by atoms with Crippen LogP contribution >= 0.6 is 11.6 Å². The van der Waals surface area contributed by atoms with Crippen LogP contribution in [0.4, 0.5) is 0 Å². The zero-order valence-corrected chi connectivity index (χ0v) is 11.9. The molecule has 1 aliphatic rings. The Morgan fingerprint density at radius 2 is 1.95 bits per heavy atom. The molecule has 3 rings (SSSR count). The number of nitrogens with zero attached hydrogens (tertiary/aromatic N) is 1. The van der Waals surface area contributed by atoms with E-state index in [0.717, 1.165) is 40.5 Å². The minimum absolute atomic E-state index is 0.266. The summed E-state index contributed by atoms with van der Waals surface area (Å²) in [6.07, 6.45) is 2.57. The highest BCUT2D eigenvalue weighted by atomic mass is 35.5. The van der Waals surface area contributed by atoms with E-state index < -0.39 is 0 Å². The maximum absolute atomic E-state index is 12.0. The van der Waals surface area contributed by atoms with Crippen molar-refractivity contribution in [2.75, 3.05) is 0 Å². The minimum Gasteiger partial charge on any atom is -0.317 e. The van der Waals surface area contributed by atoms with Crippen molar-refractivity contribution in [1.29, 1.82) is 0 Å². The van der Waals surface area contributed by atoms with Gasteiger partial charge in [-0.2, -0.15) is 0 Å². The summed E-state index contributed by atoms with van der Waals surface area (Å²) in [5.74, 6) is 0.266. The Bertz CT molecular complexity index is 670. The van der Waals surface area contributed by atoms with Crippen LogP contribution in [0.25, 0.3) is 5.69 Å². The highest BCUT2D eigenvalue weighted by molar-refractivity contribution is 6.30. The summed E-state index contributed by atoms with van der Waals surface area (Å²) in [7, 11) is 0. The van der Waals surface area contributed by atoms with Gasteiger partial charge in [0.1, 0.15) is 0 Å². The SMILES string of the molecule is Cc1ccc(Cl)cc1-n1c(C)cc2c1CCCC2=O. The van der Waals surface area contributed by atoms with Crippen molar-refractivity contribution in [2.24, 2.45) is 0 Å². The first kappa shape index (κ1) is 12.5. The zero-order chi connectivity index (χ0) is 13.6. The van der Waals surface area contributed by atoms with Gasteiger partial charge in [0, 0.05) is 34.1 Å². The summed E-state index contributed by atoms with van der Waals surface area (Å²) in [6, 6.07) is 7.91. The normalized spacial score (nSPS) is 14.6. The number of ketones is 1. The fraction of sp³-hybridized carbons (Fsp3) is 0.312. The number of aryl methyl sites for hydroxylation is 2. The third-order valence-corrected chi connectivity index (χ3v) is 4.05. The summed E-state index contributed by atoms with van der Waals surface area (Å²) in [5.41, 5.74) is 5.39. The lowest BCUT2D eigenvalue weighted by molar-refractivity contribution is 0.0972. The zero-order valence-electron chi connectivity index (χ0n) is 11.2. The average molecular weight is 274 g/mol. The molecule has 0 spiro atoms. The van der Waals surface area contributed by atoms with Gasteiger partial charge >= 0.3 is 0 Å². The van der Waals surface area contributed by atoms with Crippen molar-refractivity contribution in [2.45, 2.75) is 33.1 Å². The average Bonchev–Trinajstić information content (AvgIpc) is 2.70. The van der Waals surface area contributed by atoms with Crippen molar-refractivity contribution >= 4 is 17.4 Å². The highest BCUT2D eigenvalue weighted by Gasteiger charge is 2.23. The smallest absolute Gasteiger partial charge is 0.164 e. The summed E-state index contributed by atoms with van der Waals surface area (Å²) < 4.78 is 2.19. The molecule has 0 bridgehead atoms. The summed E-state index contributed by atoms with van der Waals surface area (Å²) >= 11 is 6.12. The standard InChI is InChI=1S/C16H16ClNO/c1-10-6-7-12(17)9-15(10)18-11(2)8-13-14(18)4-3-5-16(13)19/h6-9H,3-5H2,1-2H3. The molecule has 1 heterocycles. The molecule has 0 atom stereocenters. The van der Waals surface area contributed by atoms with Crippen molar-refractivity contribution in [3.8, 4) is 5.69 Å². The van der Waals surface area contributed by atoms with Crippen LogP contribution in [-0.4, -0.2) is 10.4 Å². The molecule has 0 unspecified atom stereocenters. The molecule has 3 heteroatoms. The van der Waals surface area contributed by atoms with Gasteiger partial charge in [-0.15, -0.1) is 0 Å². The van der Waals surface area contributed by atoms with E-state index in [1.54, 1.807) is 0 Å². The highest BCUT2D eigenvalue weighted by Crippen LogP contribution is 2.30. The van der Waals surface area contributed by atoms with Crippen LogP contribution in [0.5, 0.6) is 0 Å². The summed E-state index contributed by atoms with van der Waals surface area (Å²) in [6.45, 7) is 4.12. The van der Waals surface area contributed by atoms with Gasteiger partial charge in [0.15, 0.2) is 5.78 Å². The van der Waals surface area contributed by atoms with E-state index in [2.05, 4.69) is 11.5 Å². The van der Waals surface area contributed by atoms with E-state index >= 15 is 0 Å². The molecule has 0 saturated carbocycles. The number of fused-ring (bicyclic) bond motifs is 1. The lowest BCUT2D eigenvalue weighted by atomic mass is 9.96. The molecule has 0 radical (unpaired) electrons. The second-order valence-corrected chi connectivity index (χ2v) is 5.63. The number of rotatable bonds is 1. The van der Waals surface area contributed by atoms with E-state index in [0.29, 0.717) is 6.42 Å². The third-order valence-electron chi connectivity index (χ3n) is 3.82. The van der Waals surface area contributed by atoms with Crippen LogP contribution in [0.2, 0.25) is 5.02 Å². The third kappa shape index (κ3) is 2.00. The monoisotopic (exact) mass is 273 g/mol. The Labute approximate surface area is 118 Å². The molecule has 1 aliphatic carbocycles. The molecule has 2 nitrogen and oxygen atoms in total. The van der Waals surface area contributed by atoms with Gasteiger partial charge in [-0.1, -0.05) is 17.7 Å². The molecule has 0 N–H and O–H groups in total. The molecule has 1 aromatic heterocycles. The Morgan fingerprint density at radius 1 is 1.16 bits per heavy atom. The van der Waals surface area contributed by atoms with Gasteiger partial charge in [-0.25, -0.2) is 0 Å². The van der Waals surface area contributed by atoms with Crippen LogP contribution in [0.3, 0.4) is 0 Å². The largest absolute Gasteiger partial charge is 0.317 e. The Kier molecular flexibility index (Phi) is 2.98. The Morgan fingerprint density at radius 3 is 2.74 bits per heavy atom. The Hall–Kier alpha value is -1.54. The van der Waals surface area contributed by atoms with E-state index in [1.807, 2.05) is 31.2 Å². The molecule has 0 aliphatic heterocycles. The predicted octanol–water partition coefficient (Wildman–Crippen LogP) is 4.27. The van der Waals surface area contributed by atoms with Crippen LogP contribution in [0.1, 0.15) is 40.2 Å². The number of aromatic nitrogens is 1. The van der Waals surface area contributed by atoms with Crippen molar-refractivity contribution < 1.29 is 4.79 Å².